The van der Waals surface area contributed by atoms with Gasteiger partial charge in [-0.25, -0.2) is 9.69 Å². The lowest BCUT2D eigenvalue weighted by molar-refractivity contribution is -0.227. The summed E-state index contributed by atoms with van der Waals surface area (Å²) in [5.41, 5.74) is 0.724. The molecular formula is C23H28BrNO9. The number of hydrogen-bond acceptors (Lipinski definition) is 9. The van der Waals surface area contributed by atoms with Crippen LogP contribution in [0.2, 0.25) is 0 Å². The topological polar surface area (TPSA) is 132 Å². The van der Waals surface area contributed by atoms with Crippen LogP contribution >= 0.6 is 15.9 Å². The molecule has 11 heteroatoms. The lowest BCUT2D eigenvalue weighted by Crippen LogP contribution is -2.56. The van der Waals surface area contributed by atoms with Crippen molar-refractivity contribution in [1.82, 2.24) is 4.90 Å². The number of methoxy groups -OCH3 is 1. The Balaban J connectivity index is 1.76. The van der Waals surface area contributed by atoms with Crippen molar-refractivity contribution in [3.63, 3.8) is 0 Å². The third kappa shape index (κ3) is 5.56. The van der Waals surface area contributed by atoms with Gasteiger partial charge in [0.05, 0.1) is 23.7 Å². The molecule has 2 heterocycles. The predicted molar refractivity (Wildman–Crippen MR) is 122 cm³/mol. The van der Waals surface area contributed by atoms with E-state index in [4.69, 9.17) is 24.1 Å². The molecule has 0 unspecified atom stereocenters. The molecule has 0 spiro atoms. The second-order valence-electron chi connectivity index (χ2n) is 7.98. The van der Waals surface area contributed by atoms with E-state index < -0.39 is 47.9 Å². The first-order valence-electron chi connectivity index (χ1n) is 10.8. The number of carbonyl (C=O) groups is 3. The van der Waals surface area contributed by atoms with E-state index in [1.807, 2.05) is 6.07 Å². The molecule has 2 aliphatic heterocycles. The maximum atomic E-state index is 13.4. The summed E-state index contributed by atoms with van der Waals surface area (Å²) in [6.45, 7) is 1.94. The number of cyclic esters (lactones) is 1. The Kier molecular flexibility index (Phi) is 8.96. The lowest BCUT2D eigenvalue weighted by Gasteiger charge is -2.38. The van der Waals surface area contributed by atoms with E-state index in [0.717, 1.165) is 16.5 Å². The highest BCUT2D eigenvalue weighted by atomic mass is 79.9. The highest BCUT2D eigenvalue weighted by Gasteiger charge is 2.51. The van der Waals surface area contributed by atoms with Crippen molar-refractivity contribution in [3.05, 3.63) is 46.5 Å². The number of carbonyl (C=O) groups excluding carboxylic acids is 3. The maximum Gasteiger partial charge on any atom is 0.417 e. The summed E-state index contributed by atoms with van der Waals surface area (Å²) >= 11 is 3.16. The molecule has 3 rings (SSSR count). The van der Waals surface area contributed by atoms with Gasteiger partial charge in [0.25, 0.3) is 5.91 Å². The standard InChI is InChI=1S/C23H28BrNO9/c1-14-18(15-7-4-3-5-8-15)33-22(29)25(14)21(28)20(31-2)19-16(27)13-17(24)23(30,34-19)9-6-11-32-12-10-26/h3-5,7-8,13-14,18-20,26,30H,6,9-12H2,1-2H3/t14-,18-,19-,20-,23+/m1/s1. The number of ether oxygens (including phenoxy) is 4. The van der Waals surface area contributed by atoms with E-state index in [2.05, 4.69) is 15.9 Å². The monoisotopic (exact) mass is 541 g/mol. The first kappa shape index (κ1) is 26.5. The number of nitrogens with zero attached hydrogens (tertiary/aromatic N) is 1. The number of halogens is 1. The van der Waals surface area contributed by atoms with Gasteiger partial charge in [-0.1, -0.05) is 30.3 Å². The van der Waals surface area contributed by atoms with Gasteiger partial charge in [-0.2, -0.15) is 0 Å². The Morgan fingerprint density at radius 2 is 1.97 bits per heavy atom. The number of imide groups is 1. The minimum Gasteiger partial charge on any atom is -0.439 e. The number of aliphatic hydroxyl groups excluding tert-OH is 1. The summed E-state index contributed by atoms with van der Waals surface area (Å²) < 4.78 is 21.7. The van der Waals surface area contributed by atoms with Crippen molar-refractivity contribution in [2.75, 3.05) is 26.9 Å². The third-order valence-corrected chi connectivity index (χ3v) is 6.54. The molecule has 1 aromatic carbocycles. The van der Waals surface area contributed by atoms with Crippen LogP contribution in [0.25, 0.3) is 0 Å². The molecule has 0 radical (unpaired) electrons. The molecule has 1 saturated heterocycles. The summed E-state index contributed by atoms with van der Waals surface area (Å²) in [7, 11) is 1.22. The van der Waals surface area contributed by atoms with Crippen molar-refractivity contribution >= 4 is 33.7 Å². The average molecular weight is 542 g/mol. The molecule has 1 fully saturated rings. The number of rotatable bonds is 10. The Labute approximate surface area is 205 Å². The summed E-state index contributed by atoms with van der Waals surface area (Å²) in [4.78, 5) is 39.6. The van der Waals surface area contributed by atoms with E-state index in [9.17, 15) is 19.5 Å². The Bertz CT molecular complexity index is 924. The molecule has 10 nitrogen and oxygen atoms in total. The molecular weight excluding hydrogens is 514 g/mol. The molecule has 5 atom stereocenters. The van der Waals surface area contributed by atoms with Gasteiger partial charge >= 0.3 is 6.09 Å². The van der Waals surface area contributed by atoms with Crippen LogP contribution in [-0.4, -0.2) is 83.9 Å². The zero-order chi connectivity index (χ0) is 24.9. The fourth-order valence-corrected chi connectivity index (χ4v) is 4.47. The lowest BCUT2D eigenvalue weighted by atomic mass is 9.98. The zero-order valence-electron chi connectivity index (χ0n) is 18.9. The Morgan fingerprint density at radius 1 is 1.26 bits per heavy atom. The molecule has 186 valence electrons. The predicted octanol–water partition coefficient (Wildman–Crippen LogP) is 1.83. The minimum atomic E-state index is -1.90. The summed E-state index contributed by atoms with van der Waals surface area (Å²) in [6.07, 6.45) is -2.99. The number of ketones is 1. The van der Waals surface area contributed by atoms with Gasteiger partial charge in [-0.05, 0) is 40.9 Å². The molecule has 0 bridgehead atoms. The smallest absolute Gasteiger partial charge is 0.417 e. The van der Waals surface area contributed by atoms with Crippen LogP contribution in [0.5, 0.6) is 0 Å². The van der Waals surface area contributed by atoms with Crippen molar-refractivity contribution in [1.29, 1.82) is 0 Å². The summed E-state index contributed by atoms with van der Waals surface area (Å²) in [5, 5.41) is 19.8. The Hall–Kier alpha value is -2.15. The van der Waals surface area contributed by atoms with Crippen LogP contribution in [0.4, 0.5) is 4.79 Å². The fraction of sp³-hybridized carbons (Fsp3) is 0.522. The van der Waals surface area contributed by atoms with Crippen LogP contribution < -0.4 is 0 Å². The molecule has 0 aromatic heterocycles. The second kappa shape index (κ2) is 11.5. The molecule has 0 saturated carbocycles. The molecule has 2 amide bonds. The molecule has 2 aliphatic rings. The Morgan fingerprint density at radius 3 is 2.62 bits per heavy atom. The van der Waals surface area contributed by atoms with Gasteiger partial charge in [-0.15, -0.1) is 0 Å². The van der Waals surface area contributed by atoms with E-state index in [0.29, 0.717) is 6.42 Å². The van der Waals surface area contributed by atoms with Crippen molar-refractivity contribution < 1.29 is 43.5 Å². The first-order valence-corrected chi connectivity index (χ1v) is 11.6. The second-order valence-corrected chi connectivity index (χ2v) is 8.83. The van der Waals surface area contributed by atoms with Crippen molar-refractivity contribution in [2.24, 2.45) is 0 Å². The number of aliphatic hydroxyl groups is 2. The van der Waals surface area contributed by atoms with Gasteiger partial charge in [0.2, 0.25) is 0 Å². The molecule has 34 heavy (non-hydrogen) atoms. The molecule has 0 aliphatic carbocycles. The SMILES string of the molecule is CO[C@@H](C(=O)N1C(=O)O[C@@H](c2ccccc2)[C@H]1C)[C@@H]1O[C@@](O)(CCCOCCO)C(Br)=CC1=O. The fourth-order valence-electron chi connectivity index (χ4n) is 3.95. The molecule has 2 N–H and O–H groups in total. The van der Waals surface area contributed by atoms with Gasteiger partial charge in [0.1, 0.15) is 6.10 Å². The average Bonchev–Trinajstić information content (AvgIpc) is 3.12. The van der Waals surface area contributed by atoms with Crippen molar-refractivity contribution in [3.8, 4) is 0 Å². The van der Waals surface area contributed by atoms with Crippen LogP contribution in [-0.2, 0) is 28.5 Å². The maximum absolute atomic E-state index is 13.4. The normalized spacial score (nSPS) is 28.0. The largest absolute Gasteiger partial charge is 0.439 e. The number of amides is 2. The van der Waals surface area contributed by atoms with Crippen molar-refractivity contribution in [2.45, 2.75) is 49.9 Å². The molecule has 1 aromatic rings. The van der Waals surface area contributed by atoms with E-state index in [1.165, 1.54) is 7.11 Å². The summed E-state index contributed by atoms with van der Waals surface area (Å²) in [5.74, 6) is -3.31. The van der Waals surface area contributed by atoms with E-state index in [1.54, 1.807) is 31.2 Å². The number of hydrogen-bond donors (Lipinski definition) is 2. The highest BCUT2D eigenvalue weighted by Crippen LogP contribution is 2.37. The first-order chi connectivity index (χ1) is 16.2. The zero-order valence-corrected chi connectivity index (χ0v) is 20.5. The van der Waals surface area contributed by atoms with Crippen LogP contribution in [0.3, 0.4) is 0 Å². The van der Waals surface area contributed by atoms with E-state index >= 15 is 0 Å². The minimum absolute atomic E-state index is 0.0438. The summed E-state index contributed by atoms with van der Waals surface area (Å²) in [6, 6.07) is 8.34. The van der Waals surface area contributed by atoms with Gasteiger partial charge in [-0.3, -0.25) is 9.59 Å². The van der Waals surface area contributed by atoms with E-state index in [-0.39, 0.29) is 30.7 Å². The van der Waals surface area contributed by atoms with Gasteiger partial charge in [0, 0.05) is 20.1 Å². The van der Waals surface area contributed by atoms with Crippen LogP contribution in [0, 0.1) is 0 Å². The van der Waals surface area contributed by atoms with Gasteiger partial charge in [0.15, 0.2) is 23.8 Å². The third-order valence-electron chi connectivity index (χ3n) is 5.69. The van der Waals surface area contributed by atoms with Crippen LogP contribution in [0.15, 0.2) is 40.9 Å². The van der Waals surface area contributed by atoms with Crippen LogP contribution in [0.1, 0.15) is 31.4 Å². The quantitative estimate of drug-likeness (QED) is 0.425. The van der Waals surface area contributed by atoms with Gasteiger partial charge < -0.3 is 29.2 Å². The highest BCUT2D eigenvalue weighted by molar-refractivity contribution is 9.11. The number of benzene rings is 1.